The van der Waals surface area contributed by atoms with E-state index in [0.717, 1.165) is 18.5 Å². The maximum absolute atomic E-state index is 13.2. The molecule has 1 atom stereocenters. The molecular formula is C11H12BrClFN. The molecule has 4 heteroatoms. The van der Waals surface area contributed by atoms with Crippen LogP contribution in [0.1, 0.15) is 18.4 Å². The van der Waals surface area contributed by atoms with Gasteiger partial charge in [-0.2, -0.15) is 0 Å². The summed E-state index contributed by atoms with van der Waals surface area (Å²) in [5, 5.41) is 3.60. The molecule has 0 bridgehead atoms. The summed E-state index contributed by atoms with van der Waals surface area (Å²) in [6.45, 7) is 1.08. The molecule has 82 valence electrons. The Kier molecular flexibility index (Phi) is 3.65. The highest BCUT2D eigenvalue weighted by molar-refractivity contribution is 9.10. The lowest BCUT2D eigenvalue weighted by Crippen LogP contribution is -2.23. The van der Waals surface area contributed by atoms with Crippen molar-refractivity contribution in [2.75, 3.05) is 6.54 Å². The van der Waals surface area contributed by atoms with Gasteiger partial charge in [0.25, 0.3) is 0 Å². The third kappa shape index (κ3) is 2.71. The molecule has 1 heterocycles. The summed E-state index contributed by atoms with van der Waals surface area (Å²) in [7, 11) is 0. The van der Waals surface area contributed by atoms with Crippen LogP contribution >= 0.6 is 27.5 Å². The Bertz CT molecular complexity index is 341. The van der Waals surface area contributed by atoms with E-state index in [9.17, 15) is 4.39 Å². The summed E-state index contributed by atoms with van der Waals surface area (Å²) in [6, 6.07) is 4.03. The van der Waals surface area contributed by atoms with Gasteiger partial charge < -0.3 is 5.32 Å². The van der Waals surface area contributed by atoms with Gasteiger partial charge in [0.15, 0.2) is 5.82 Å². The van der Waals surface area contributed by atoms with Gasteiger partial charge in [-0.05, 0) is 59.4 Å². The SMILES string of the molecule is Fc1c(Cl)cc(CC2CCCN2)cc1Br. The van der Waals surface area contributed by atoms with Crippen molar-refractivity contribution in [3.8, 4) is 0 Å². The smallest absolute Gasteiger partial charge is 0.155 e. The lowest BCUT2D eigenvalue weighted by Gasteiger charge is -2.11. The van der Waals surface area contributed by atoms with Crippen LogP contribution in [0.4, 0.5) is 4.39 Å². The second-order valence-electron chi connectivity index (χ2n) is 3.87. The molecule has 1 aliphatic heterocycles. The fourth-order valence-electron chi connectivity index (χ4n) is 1.94. The minimum Gasteiger partial charge on any atom is -0.314 e. The zero-order valence-corrected chi connectivity index (χ0v) is 10.5. The van der Waals surface area contributed by atoms with E-state index in [1.165, 1.54) is 12.8 Å². The first-order valence-electron chi connectivity index (χ1n) is 5.03. The maximum atomic E-state index is 13.2. The molecule has 1 aromatic rings. The summed E-state index contributed by atoms with van der Waals surface area (Å²) in [6.07, 6.45) is 3.33. The summed E-state index contributed by atoms with van der Waals surface area (Å²) >= 11 is 8.95. The Balaban J connectivity index is 2.14. The number of benzene rings is 1. The number of hydrogen-bond donors (Lipinski definition) is 1. The zero-order valence-electron chi connectivity index (χ0n) is 8.19. The first-order chi connectivity index (χ1) is 7.16. The van der Waals surface area contributed by atoms with E-state index < -0.39 is 0 Å². The molecule has 15 heavy (non-hydrogen) atoms. The third-order valence-electron chi connectivity index (χ3n) is 2.69. The molecule has 0 radical (unpaired) electrons. The van der Waals surface area contributed by atoms with Crippen LogP contribution in [0.15, 0.2) is 16.6 Å². The number of halogens is 3. The maximum Gasteiger partial charge on any atom is 0.155 e. The minimum atomic E-state index is -0.375. The van der Waals surface area contributed by atoms with Gasteiger partial charge in [-0.15, -0.1) is 0 Å². The molecule has 1 aromatic carbocycles. The molecule has 1 unspecified atom stereocenters. The fraction of sp³-hybridized carbons (Fsp3) is 0.455. The topological polar surface area (TPSA) is 12.0 Å². The zero-order chi connectivity index (χ0) is 10.8. The van der Waals surface area contributed by atoms with Crippen molar-refractivity contribution in [2.45, 2.75) is 25.3 Å². The van der Waals surface area contributed by atoms with Gasteiger partial charge in [0.2, 0.25) is 0 Å². The molecule has 0 saturated carbocycles. The highest BCUT2D eigenvalue weighted by atomic mass is 79.9. The molecule has 1 nitrogen and oxygen atoms in total. The Morgan fingerprint density at radius 2 is 2.33 bits per heavy atom. The highest BCUT2D eigenvalue weighted by Crippen LogP contribution is 2.26. The Morgan fingerprint density at radius 3 is 2.93 bits per heavy atom. The van der Waals surface area contributed by atoms with Crippen molar-refractivity contribution >= 4 is 27.5 Å². The Morgan fingerprint density at radius 1 is 1.53 bits per heavy atom. The molecule has 0 aliphatic carbocycles. The van der Waals surface area contributed by atoms with Crippen molar-refractivity contribution in [1.82, 2.24) is 5.32 Å². The van der Waals surface area contributed by atoms with Crippen LogP contribution < -0.4 is 5.32 Å². The van der Waals surface area contributed by atoms with E-state index >= 15 is 0 Å². The summed E-state index contributed by atoms with van der Waals surface area (Å²) in [4.78, 5) is 0. The van der Waals surface area contributed by atoms with Crippen molar-refractivity contribution in [2.24, 2.45) is 0 Å². The molecule has 1 aliphatic rings. The van der Waals surface area contributed by atoms with Gasteiger partial charge in [-0.1, -0.05) is 11.6 Å². The largest absolute Gasteiger partial charge is 0.314 e. The Hall–Kier alpha value is -0.120. The van der Waals surface area contributed by atoms with E-state index in [2.05, 4.69) is 21.2 Å². The summed E-state index contributed by atoms with van der Waals surface area (Å²) in [5.74, 6) is -0.375. The van der Waals surface area contributed by atoms with E-state index in [1.54, 1.807) is 12.1 Å². The van der Waals surface area contributed by atoms with Crippen molar-refractivity contribution < 1.29 is 4.39 Å². The molecule has 1 saturated heterocycles. The number of hydrogen-bond acceptors (Lipinski definition) is 1. The lowest BCUT2D eigenvalue weighted by atomic mass is 10.0. The third-order valence-corrected chi connectivity index (χ3v) is 3.54. The minimum absolute atomic E-state index is 0.192. The van der Waals surface area contributed by atoms with Gasteiger partial charge >= 0.3 is 0 Å². The monoisotopic (exact) mass is 291 g/mol. The lowest BCUT2D eigenvalue weighted by molar-refractivity contribution is 0.597. The van der Waals surface area contributed by atoms with Gasteiger partial charge in [0.1, 0.15) is 0 Å². The molecule has 0 spiro atoms. The van der Waals surface area contributed by atoms with Gasteiger partial charge in [-0.3, -0.25) is 0 Å². The van der Waals surface area contributed by atoms with Crippen LogP contribution in [0.25, 0.3) is 0 Å². The Labute approximate surface area is 102 Å². The summed E-state index contributed by atoms with van der Waals surface area (Å²) < 4.78 is 13.7. The van der Waals surface area contributed by atoms with Crippen LogP contribution in [0.2, 0.25) is 5.02 Å². The normalized spacial score (nSPS) is 20.9. The van der Waals surface area contributed by atoms with Gasteiger partial charge in [0.05, 0.1) is 9.50 Å². The van der Waals surface area contributed by atoms with Crippen LogP contribution in [-0.4, -0.2) is 12.6 Å². The average Bonchev–Trinajstić information content (AvgIpc) is 2.66. The van der Waals surface area contributed by atoms with Gasteiger partial charge in [-0.25, -0.2) is 4.39 Å². The molecule has 0 aromatic heterocycles. The first-order valence-corrected chi connectivity index (χ1v) is 6.20. The molecule has 2 rings (SSSR count). The quantitative estimate of drug-likeness (QED) is 0.822. The van der Waals surface area contributed by atoms with Crippen molar-refractivity contribution in [3.05, 3.63) is 33.0 Å². The second-order valence-corrected chi connectivity index (χ2v) is 5.13. The fourth-order valence-corrected chi connectivity index (χ4v) is 2.81. The predicted molar refractivity (Wildman–Crippen MR) is 63.8 cm³/mol. The van der Waals surface area contributed by atoms with Crippen LogP contribution in [0, 0.1) is 5.82 Å². The van der Waals surface area contributed by atoms with Crippen LogP contribution in [0.3, 0.4) is 0 Å². The van der Waals surface area contributed by atoms with Crippen LogP contribution in [-0.2, 0) is 6.42 Å². The molecular weight excluding hydrogens is 280 g/mol. The average molecular weight is 293 g/mol. The molecule has 1 N–H and O–H groups in total. The van der Waals surface area contributed by atoms with E-state index in [-0.39, 0.29) is 10.8 Å². The van der Waals surface area contributed by atoms with Crippen molar-refractivity contribution in [3.63, 3.8) is 0 Å². The number of rotatable bonds is 2. The standard InChI is InChI=1S/C11H12BrClFN/c12-9-5-7(6-10(13)11(9)14)4-8-2-1-3-15-8/h5-6,8,15H,1-4H2. The second kappa shape index (κ2) is 4.81. The van der Waals surface area contributed by atoms with E-state index in [1.807, 2.05) is 0 Å². The highest BCUT2D eigenvalue weighted by Gasteiger charge is 2.16. The first kappa shape index (κ1) is 11.4. The molecule has 0 amide bonds. The molecule has 1 fully saturated rings. The predicted octanol–water partition coefficient (Wildman–Crippen LogP) is 3.54. The van der Waals surface area contributed by atoms with Gasteiger partial charge in [0, 0.05) is 6.04 Å². The summed E-state index contributed by atoms with van der Waals surface area (Å²) in [5.41, 5.74) is 1.08. The van der Waals surface area contributed by atoms with Crippen molar-refractivity contribution in [1.29, 1.82) is 0 Å². The number of nitrogens with one attached hydrogen (secondary N) is 1. The van der Waals surface area contributed by atoms with Crippen LogP contribution in [0.5, 0.6) is 0 Å². The van der Waals surface area contributed by atoms with E-state index in [0.29, 0.717) is 10.5 Å². The van der Waals surface area contributed by atoms with E-state index in [4.69, 9.17) is 11.6 Å².